The van der Waals surface area contributed by atoms with Crippen LogP contribution in [0.2, 0.25) is 0 Å². The molecule has 0 fully saturated rings. The smallest absolute Gasteiger partial charge is 0.258 e. The Bertz CT molecular complexity index is 1180. The number of ether oxygens (including phenoxy) is 1. The number of carbonyl (C=O) groups excluding carboxylic acids is 1. The molecule has 0 radical (unpaired) electrons. The molecule has 2 aromatic carbocycles. The Balaban J connectivity index is 1.85. The molecule has 0 aliphatic rings. The van der Waals surface area contributed by atoms with Crippen molar-refractivity contribution in [2.75, 3.05) is 25.2 Å². The van der Waals surface area contributed by atoms with Crippen molar-refractivity contribution in [3.63, 3.8) is 0 Å². The molecule has 0 N–H and O–H groups in total. The number of benzene rings is 2. The zero-order valence-electron chi connectivity index (χ0n) is 16.9. The van der Waals surface area contributed by atoms with Gasteiger partial charge in [-0.2, -0.15) is 4.99 Å². The molecule has 0 saturated heterocycles. The third-order valence-corrected chi connectivity index (χ3v) is 7.44. The Morgan fingerprint density at radius 2 is 1.97 bits per heavy atom. The molecule has 0 unspecified atom stereocenters. The summed E-state index contributed by atoms with van der Waals surface area (Å²) in [7, 11) is -3.31. The summed E-state index contributed by atoms with van der Waals surface area (Å²) in [4.78, 5) is 17.6. The number of hydrogen-bond acceptors (Lipinski definition) is 6. The molecule has 1 aromatic heterocycles. The molecule has 0 bridgehead atoms. The number of thioether (sulfide) groups is 1. The number of sulfone groups is 1. The van der Waals surface area contributed by atoms with Crippen molar-refractivity contribution < 1.29 is 17.9 Å². The number of amides is 1. The Morgan fingerprint density at radius 1 is 1.20 bits per heavy atom. The first-order valence-electron chi connectivity index (χ1n) is 9.49. The summed E-state index contributed by atoms with van der Waals surface area (Å²) in [5.41, 5.74) is 2.01. The molecule has 0 aliphatic carbocycles. The number of thiazole rings is 1. The van der Waals surface area contributed by atoms with Crippen molar-refractivity contribution in [2.45, 2.75) is 24.1 Å². The van der Waals surface area contributed by atoms with Gasteiger partial charge >= 0.3 is 0 Å². The first kappa shape index (κ1) is 22.7. The van der Waals surface area contributed by atoms with Crippen molar-refractivity contribution in [3.8, 4) is 0 Å². The monoisotopic (exact) mass is 464 g/mol. The third-order valence-electron chi connectivity index (χ3n) is 4.30. The van der Waals surface area contributed by atoms with Crippen LogP contribution in [0.3, 0.4) is 0 Å². The molecule has 1 heterocycles. The third kappa shape index (κ3) is 6.04. The van der Waals surface area contributed by atoms with E-state index in [1.165, 1.54) is 29.4 Å². The lowest BCUT2D eigenvalue weighted by Gasteiger charge is -2.06. The highest BCUT2D eigenvalue weighted by Gasteiger charge is 2.13. The van der Waals surface area contributed by atoms with Crippen LogP contribution < -0.4 is 4.80 Å². The summed E-state index contributed by atoms with van der Waals surface area (Å²) in [5, 5.41) is 0. The van der Waals surface area contributed by atoms with Crippen LogP contribution >= 0.6 is 23.1 Å². The van der Waals surface area contributed by atoms with E-state index >= 15 is 0 Å². The Labute approximate surface area is 184 Å². The van der Waals surface area contributed by atoms with E-state index in [1.54, 1.807) is 18.2 Å². The molecule has 3 rings (SSSR count). The molecule has 1 amide bonds. The first-order chi connectivity index (χ1) is 14.4. The fourth-order valence-corrected chi connectivity index (χ4v) is 5.46. The van der Waals surface area contributed by atoms with E-state index < -0.39 is 9.84 Å². The minimum Gasteiger partial charge on any atom is -0.380 e. The van der Waals surface area contributed by atoms with Gasteiger partial charge in [0.15, 0.2) is 14.6 Å². The molecule has 30 heavy (non-hydrogen) atoms. The summed E-state index contributed by atoms with van der Waals surface area (Å²) in [6, 6.07) is 15.0. The standard InChI is InChI=1S/C21H24N2O4S3/c1-3-27-12-11-23-18-10-9-17(30(2,25)26)13-19(18)29-21(23)22-20(24)15-28-14-16-7-5-4-6-8-16/h4-10,13H,3,11-12,14-15H2,1-2H3. The van der Waals surface area contributed by atoms with Crippen LogP contribution in [0.25, 0.3) is 10.2 Å². The average molecular weight is 465 g/mol. The Morgan fingerprint density at radius 3 is 2.67 bits per heavy atom. The van der Waals surface area contributed by atoms with Gasteiger partial charge in [-0.15, -0.1) is 11.8 Å². The number of fused-ring (bicyclic) bond motifs is 1. The second kappa shape index (κ2) is 10.4. The zero-order chi connectivity index (χ0) is 21.6. The number of hydrogen-bond donors (Lipinski definition) is 0. The molecule has 9 heteroatoms. The summed E-state index contributed by atoms with van der Waals surface area (Å²) in [6.07, 6.45) is 1.18. The van der Waals surface area contributed by atoms with Crippen molar-refractivity contribution >= 4 is 49.1 Å². The lowest BCUT2D eigenvalue weighted by Crippen LogP contribution is -2.20. The number of carbonyl (C=O) groups is 1. The molecular weight excluding hydrogens is 440 g/mol. The summed E-state index contributed by atoms with van der Waals surface area (Å²) in [5.74, 6) is 0.815. The van der Waals surface area contributed by atoms with E-state index in [9.17, 15) is 13.2 Å². The lowest BCUT2D eigenvalue weighted by atomic mass is 10.2. The van der Waals surface area contributed by atoms with Crippen molar-refractivity contribution in [3.05, 3.63) is 58.9 Å². The average Bonchev–Trinajstić information content (AvgIpc) is 3.04. The summed E-state index contributed by atoms with van der Waals surface area (Å²) in [6.45, 7) is 3.55. The van der Waals surface area contributed by atoms with Crippen LogP contribution in [-0.2, 0) is 31.7 Å². The van der Waals surface area contributed by atoms with Crippen molar-refractivity contribution in [2.24, 2.45) is 4.99 Å². The van der Waals surface area contributed by atoms with E-state index in [0.717, 1.165) is 21.5 Å². The number of aromatic nitrogens is 1. The fourth-order valence-electron chi connectivity index (χ4n) is 2.86. The summed E-state index contributed by atoms with van der Waals surface area (Å²) >= 11 is 2.84. The molecule has 0 atom stereocenters. The maximum atomic E-state index is 12.5. The zero-order valence-corrected chi connectivity index (χ0v) is 19.4. The van der Waals surface area contributed by atoms with Gasteiger partial charge in [-0.05, 0) is 30.7 Å². The van der Waals surface area contributed by atoms with Gasteiger partial charge in [-0.3, -0.25) is 4.79 Å². The quantitative estimate of drug-likeness (QED) is 0.453. The highest BCUT2D eigenvalue weighted by Crippen LogP contribution is 2.22. The predicted molar refractivity (Wildman–Crippen MR) is 123 cm³/mol. The van der Waals surface area contributed by atoms with Gasteiger partial charge < -0.3 is 9.30 Å². The van der Waals surface area contributed by atoms with Gasteiger partial charge in [-0.1, -0.05) is 41.7 Å². The molecule has 160 valence electrons. The van der Waals surface area contributed by atoms with Gasteiger partial charge in [0, 0.05) is 25.2 Å². The van der Waals surface area contributed by atoms with Crippen LogP contribution in [-0.4, -0.2) is 44.1 Å². The molecule has 0 aliphatic heterocycles. The minimum absolute atomic E-state index is 0.212. The fraction of sp³-hybridized carbons (Fsp3) is 0.333. The van der Waals surface area contributed by atoms with Gasteiger partial charge in [0.2, 0.25) is 0 Å². The van der Waals surface area contributed by atoms with Crippen LogP contribution in [0.15, 0.2) is 58.4 Å². The van der Waals surface area contributed by atoms with Crippen LogP contribution in [0, 0.1) is 0 Å². The van der Waals surface area contributed by atoms with Crippen molar-refractivity contribution in [1.29, 1.82) is 0 Å². The number of rotatable bonds is 9. The molecule has 6 nitrogen and oxygen atoms in total. The minimum atomic E-state index is -3.31. The highest BCUT2D eigenvalue weighted by atomic mass is 32.2. The summed E-state index contributed by atoms with van der Waals surface area (Å²) < 4.78 is 31.9. The number of nitrogens with zero attached hydrogens (tertiary/aromatic N) is 2. The van der Waals surface area contributed by atoms with E-state index in [4.69, 9.17) is 4.74 Å². The second-order valence-electron chi connectivity index (χ2n) is 6.62. The lowest BCUT2D eigenvalue weighted by molar-refractivity contribution is -0.115. The van der Waals surface area contributed by atoms with E-state index in [1.807, 2.05) is 41.8 Å². The normalized spacial score (nSPS) is 12.5. The predicted octanol–water partition coefficient (Wildman–Crippen LogP) is 3.50. The molecule has 0 spiro atoms. The van der Waals surface area contributed by atoms with Gasteiger partial charge in [-0.25, -0.2) is 8.42 Å². The maximum absolute atomic E-state index is 12.5. The maximum Gasteiger partial charge on any atom is 0.258 e. The Kier molecular flexibility index (Phi) is 7.87. The van der Waals surface area contributed by atoms with Gasteiger partial charge in [0.25, 0.3) is 5.91 Å². The topological polar surface area (TPSA) is 77.7 Å². The largest absolute Gasteiger partial charge is 0.380 e. The molecular formula is C21H24N2O4S3. The van der Waals surface area contributed by atoms with E-state index in [2.05, 4.69) is 4.99 Å². The SMILES string of the molecule is CCOCCn1c(=NC(=O)CSCc2ccccc2)sc2cc(S(C)(=O)=O)ccc21. The van der Waals surface area contributed by atoms with Crippen molar-refractivity contribution in [1.82, 2.24) is 4.57 Å². The van der Waals surface area contributed by atoms with Crippen LogP contribution in [0.4, 0.5) is 0 Å². The molecule has 0 saturated carbocycles. The Hall–Kier alpha value is -1.94. The second-order valence-corrected chi connectivity index (χ2v) is 10.6. The van der Waals surface area contributed by atoms with E-state index in [0.29, 0.717) is 24.6 Å². The van der Waals surface area contributed by atoms with E-state index in [-0.39, 0.29) is 16.6 Å². The van der Waals surface area contributed by atoms with Gasteiger partial charge in [0.1, 0.15) is 0 Å². The first-order valence-corrected chi connectivity index (χ1v) is 13.3. The van der Waals surface area contributed by atoms with Gasteiger partial charge in [0.05, 0.1) is 27.5 Å². The highest BCUT2D eigenvalue weighted by molar-refractivity contribution is 7.99. The molecule has 3 aromatic rings. The van der Waals surface area contributed by atoms with Crippen LogP contribution in [0.5, 0.6) is 0 Å². The van der Waals surface area contributed by atoms with Crippen LogP contribution in [0.1, 0.15) is 12.5 Å².